The van der Waals surface area contributed by atoms with Crippen molar-refractivity contribution in [1.29, 1.82) is 0 Å². The number of carbonyl (C=O) groups excluding carboxylic acids is 1. The van der Waals surface area contributed by atoms with E-state index in [0.29, 0.717) is 28.6 Å². The minimum atomic E-state index is -0.314. The smallest absolute Gasteiger partial charge is 0.260 e. The highest BCUT2D eigenvalue weighted by Gasteiger charge is 2.14. The van der Waals surface area contributed by atoms with Crippen molar-refractivity contribution in [2.24, 2.45) is 0 Å². The molecule has 0 aliphatic heterocycles. The molecule has 0 aliphatic rings. The Labute approximate surface area is 122 Å². The van der Waals surface area contributed by atoms with Gasteiger partial charge in [0, 0.05) is 6.07 Å². The van der Waals surface area contributed by atoms with Crippen molar-refractivity contribution < 1.29 is 14.3 Å². The lowest BCUT2D eigenvalue weighted by molar-refractivity contribution is 0.102. The molecule has 1 aromatic heterocycles. The normalized spacial score (nSPS) is 10.0. The van der Waals surface area contributed by atoms with Gasteiger partial charge in [0.1, 0.15) is 17.3 Å². The van der Waals surface area contributed by atoms with Crippen LogP contribution in [0.5, 0.6) is 11.5 Å². The molecule has 0 radical (unpaired) electrons. The number of carbonyl (C=O) groups is 1. The Morgan fingerprint density at radius 3 is 2.62 bits per heavy atom. The molecule has 0 saturated heterocycles. The van der Waals surface area contributed by atoms with E-state index in [0.717, 1.165) is 5.56 Å². The molecule has 1 heterocycles. The van der Waals surface area contributed by atoms with Gasteiger partial charge in [0.2, 0.25) is 0 Å². The Morgan fingerprint density at radius 1 is 1.24 bits per heavy atom. The number of aryl methyl sites for hydroxylation is 1. The van der Waals surface area contributed by atoms with Gasteiger partial charge in [-0.15, -0.1) is 0 Å². The van der Waals surface area contributed by atoms with Gasteiger partial charge in [-0.25, -0.2) is 4.98 Å². The summed E-state index contributed by atoms with van der Waals surface area (Å²) in [5, 5.41) is 2.71. The average molecular weight is 287 g/mol. The van der Waals surface area contributed by atoms with Gasteiger partial charge in [0.05, 0.1) is 31.7 Å². The van der Waals surface area contributed by atoms with E-state index in [2.05, 4.69) is 10.3 Å². The van der Waals surface area contributed by atoms with E-state index in [1.165, 1.54) is 13.3 Å². The number of anilines is 2. The first-order valence-electron chi connectivity index (χ1n) is 6.30. The van der Waals surface area contributed by atoms with Gasteiger partial charge in [0.25, 0.3) is 5.91 Å². The number of ether oxygens (including phenoxy) is 2. The van der Waals surface area contributed by atoms with Gasteiger partial charge in [0.15, 0.2) is 0 Å². The number of methoxy groups -OCH3 is 2. The maximum Gasteiger partial charge on any atom is 0.260 e. The van der Waals surface area contributed by atoms with Crippen LogP contribution < -0.4 is 20.5 Å². The van der Waals surface area contributed by atoms with E-state index in [9.17, 15) is 4.79 Å². The molecule has 0 atom stereocenters. The van der Waals surface area contributed by atoms with Gasteiger partial charge in [-0.1, -0.05) is 0 Å². The summed E-state index contributed by atoms with van der Waals surface area (Å²) in [5.41, 5.74) is 7.52. The maximum atomic E-state index is 12.3. The molecule has 3 N–H and O–H groups in total. The molecule has 0 spiro atoms. The van der Waals surface area contributed by atoms with Gasteiger partial charge in [-0.3, -0.25) is 4.79 Å². The topological polar surface area (TPSA) is 86.5 Å². The number of nitrogens with one attached hydrogen (secondary N) is 1. The number of hydrogen-bond donors (Lipinski definition) is 2. The Morgan fingerprint density at radius 2 is 2.00 bits per heavy atom. The van der Waals surface area contributed by atoms with Crippen LogP contribution in [0.2, 0.25) is 0 Å². The van der Waals surface area contributed by atoms with Crippen molar-refractivity contribution in [1.82, 2.24) is 4.98 Å². The number of hydrogen-bond acceptors (Lipinski definition) is 5. The summed E-state index contributed by atoms with van der Waals surface area (Å²) in [6.07, 6.45) is 1.51. The zero-order chi connectivity index (χ0) is 15.4. The van der Waals surface area contributed by atoms with Crippen molar-refractivity contribution in [3.63, 3.8) is 0 Å². The third-order valence-corrected chi connectivity index (χ3v) is 3.05. The van der Waals surface area contributed by atoms with E-state index >= 15 is 0 Å². The van der Waals surface area contributed by atoms with Crippen molar-refractivity contribution in [2.75, 3.05) is 25.3 Å². The fraction of sp³-hybridized carbons (Fsp3) is 0.200. The van der Waals surface area contributed by atoms with Crippen LogP contribution in [0.3, 0.4) is 0 Å². The zero-order valence-electron chi connectivity index (χ0n) is 12.1. The molecule has 0 saturated carbocycles. The Hall–Kier alpha value is -2.76. The molecule has 6 nitrogen and oxygen atoms in total. The monoisotopic (exact) mass is 287 g/mol. The summed E-state index contributed by atoms with van der Waals surface area (Å²) in [6.45, 7) is 1.85. The Kier molecular flexibility index (Phi) is 4.27. The van der Waals surface area contributed by atoms with Crippen LogP contribution in [0, 0.1) is 6.92 Å². The summed E-state index contributed by atoms with van der Waals surface area (Å²) >= 11 is 0. The van der Waals surface area contributed by atoms with Crippen molar-refractivity contribution in [2.45, 2.75) is 6.92 Å². The summed E-state index contributed by atoms with van der Waals surface area (Å²) in [6, 6.07) is 6.69. The molecule has 6 heteroatoms. The molecular weight excluding hydrogens is 270 g/mol. The number of nitrogen functional groups attached to an aromatic ring is 1. The molecule has 2 rings (SSSR count). The van der Waals surface area contributed by atoms with E-state index in [4.69, 9.17) is 15.2 Å². The molecule has 0 fully saturated rings. The highest BCUT2D eigenvalue weighted by Crippen LogP contribution is 2.25. The molecule has 21 heavy (non-hydrogen) atoms. The predicted molar refractivity (Wildman–Crippen MR) is 80.9 cm³/mol. The minimum absolute atomic E-state index is 0.314. The minimum Gasteiger partial charge on any atom is -0.497 e. The van der Waals surface area contributed by atoms with Gasteiger partial charge >= 0.3 is 0 Å². The van der Waals surface area contributed by atoms with Crippen LogP contribution >= 0.6 is 0 Å². The summed E-state index contributed by atoms with van der Waals surface area (Å²) < 4.78 is 10.3. The lowest BCUT2D eigenvalue weighted by Gasteiger charge is -2.11. The van der Waals surface area contributed by atoms with Crippen LogP contribution in [-0.2, 0) is 0 Å². The van der Waals surface area contributed by atoms with E-state index in [-0.39, 0.29) is 5.91 Å². The predicted octanol–water partition coefficient (Wildman–Crippen LogP) is 2.24. The van der Waals surface area contributed by atoms with E-state index in [1.807, 2.05) is 6.92 Å². The van der Waals surface area contributed by atoms with Crippen LogP contribution in [0.4, 0.5) is 11.5 Å². The number of benzene rings is 1. The molecular formula is C15H17N3O3. The van der Waals surface area contributed by atoms with Crippen LogP contribution in [0.1, 0.15) is 15.9 Å². The SMILES string of the molecule is COc1ccc(C(=O)Nc2cc(C)c(N)cn2)c(OC)c1. The first-order valence-corrected chi connectivity index (χ1v) is 6.30. The fourth-order valence-electron chi connectivity index (χ4n) is 1.80. The van der Waals surface area contributed by atoms with E-state index in [1.54, 1.807) is 31.4 Å². The largest absolute Gasteiger partial charge is 0.497 e. The number of amides is 1. The number of rotatable bonds is 4. The molecule has 0 unspecified atom stereocenters. The van der Waals surface area contributed by atoms with Crippen molar-refractivity contribution >= 4 is 17.4 Å². The van der Waals surface area contributed by atoms with Gasteiger partial charge < -0.3 is 20.5 Å². The first-order chi connectivity index (χ1) is 10.0. The van der Waals surface area contributed by atoms with Crippen LogP contribution in [0.15, 0.2) is 30.5 Å². The molecule has 1 amide bonds. The van der Waals surface area contributed by atoms with Crippen LogP contribution in [-0.4, -0.2) is 25.1 Å². The highest BCUT2D eigenvalue weighted by atomic mass is 16.5. The third-order valence-electron chi connectivity index (χ3n) is 3.05. The van der Waals surface area contributed by atoms with Crippen molar-refractivity contribution in [3.8, 4) is 11.5 Å². The average Bonchev–Trinajstić information content (AvgIpc) is 2.50. The second kappa shape index (κ2) is 6.13. The Balaban J connectivity index is 2.25. The molecule has 2 aromatic rings. The second-order valence-corrected chi connectivity index (χ2v) is 4.45. The van der Waals surface area contributed by atoms with Crippen molar-refractivity contribution in [3.05, 3.63) is 41.6 Å². The summed E-state index contributed by atoms with van der Waals surface area (Å²) in [7, 11) is 3.05. The molecule has 0 aliphatic carbocycles. The summed E-state index contributed by atoms with van der Waals surface area (Å²) in [5.74, 6) is 1.17. The maximum absolute atomic E-state index is 12.3. The van der Waals surface area contributed by atoms with Crippen LogP contribution in [0.25, 0.3) is 0 Å². The molecule has 110 valence electrons. The first kappa shape index (κ1) is 14.6. The van der Waals surface area contributed by atoms with Gasteiger partial charge in [-0.2, -0.15) is 0 Å². The third kappa shape index (κ3) is 3.22. The number of nitrogens with zero attached hydrogens (tertiary/aromatic N) is 1. The number of aromatic nitrogens is 1. The standard InChI is InChI=1S/C15H17N3O3/c1-9-6-14(17-8-12(9)16)18-15(19)11-5-4-10(20-2)7-13(11)21-3/h4-8H,16H2,1-3H3,(H,17,18,19). The lowest BCUT2D eigenvalue weighted by atomic mass is 10.1. The lowest BCUT2D eigenvalue weighted by Crippen LogP contribution is -2.14. The van der Waals surface area contributed by atoms with E-state index < -0.39 is 0 Å². The fourth-order valence-corrected chi connectivity index (χ4v) is 1.80. The number of pyridine rings is 1. The zero-order valence-corrected chi connectivity index (χ0v) is 12.1. The quantitative estimate of drug-likeness (QED) is 0.900. The molecule has 1 aromatic carbocycles. The molecule has 0 bridgehead atoms. The summed E-state index contributed by atoms with van der Waals surface area (Å²) in [4.78, 5) is 16.4. The number of nitrogens with two attached hydrogens (primary N) is 1. The Bertz CT molecular complexity index is 671. The van der Waals surface area contributed by atoms with Gasteiger partial charge in [-0.05, 0) is 30.7 Å². The second-order valence-electron chi connectivity index (χ2n) is 4.45. The highest BCUT2D eigenvalue weighted by molar-refractivity contribution is 6.06.